The summed E-state index contributed by atoms with van der Waals surface area (Å²) in [7, 11) is 0. The van der Waals surface area contributed by atoms with Gasteiger partial charge >= 0.3 is 0 Å². The van der Waals surface area contributed by atoms with Gasteiger partial charge in [0.15, 0.2) is 0 Å². The number of halogens is 1. The molecule has 2 aromatic carbocycles. The van der Waals surface area contributed by atoms with Crippen LogP contribution in [-0.2, 0) is 17.8 Å². The summed E-state index contributed by atoms with van der Waals surface area (Å²) in [6.07, 6.45) is 3.29. The molecule has 4 nitrogen and oxygen atoms in total. The van der Waals surface area contributed by atoms with Gasteiger partial charge in [-0.15, -0.1) is 0 Å². The normalized spacial score (nSPS) is 15.3. The highest BCUT2D eigenvalue weighted by molar-refractivity contribution is 5.84. The van der Waals surface area contributed by atoms with Gasteiger partial charge in [0, 0.05) is 42.3 Å². The van der Waals surface area contributed by atoms with Crippen LogP contribution in [0, 0.1) is 5.82 Å². The average Bonchev–Trinajstić information content (AvgIpc) is 3.08. The first-order chi connectivity index (χ1) is 13.8. The lowest BCUT2D eigenvalue weighted by molar-refractivity contribution is 0.0374. The van der Waals surface area contributed by atoms with Gasteiger partial charge in [-0.2, -0.15) is 0 Å². The molecular formula is C23H28FN3O. The van der Waals surface area contributed by atoms with Crippen LogP contribution in [0.5, 0.6) is 0 Å². The van der Waals surface area contributed by atoms with Crippen molar-refractivity contribution < 1.29 is 9.13 Å². The summed E-state index contributed by atoms with van der Waals surface area (Å²) in [5.74, 6) is -0.150. The van der Waals surface area contributed by atoms with E-state index in [1.807, 2.05) is 18.2 Å². The molecule has 0 unspecified atom stereocenters. The molecule has 3 aromatic rings. The van der Waals surface area contributed by atoms with Gasteiger partial charge in [0.25, 0.3) is 0 Å². The molecule has 28 heavy (non-hydrogen) atoms. The van der Waals surface area contributed by atoms with Crippen molar-refractivity contribution in [2.45, 2.75) is 19.5 Å². The minimum absolute atomic E-state index is 0.150. The van der Waals surface area contributed by atoms with Crippen molar-refractivity contribution >= 4 is 10.9 Å². The van der Waals surface area contributed by atoms with E-state index < -0.39 is 0 Å². The van der Waals surface area contributed by atoms with Crippen molar-refractivity contribution in [3.63, 3.8) is 0 Å². The summed E-state index contributed by atoms with van der Waals surface area (Å²) in [6, 6.07) is 15.4. The van der Waals surface area contributed by atoms with Crippen molar-refractivity contribution in [3.05, 3.63) is 71.7 Å². The number of morpholine rings is 1. The lowest BCUT2D eigenvalue weighted by Gasteiger charge is -2.26. The molecule has 148 valence electrons. The molecule has 0 aliphatic carbocycles. The number of nitrogens with one attached hydrogen (secondary N) is 1. The Labute approximate surface area is 165 Å². The van der Waals surface area contributed by atoms with Crippen LogP contribution >= 0.6 is 0 Å². The Hall–Kier alpha value is -2.21. The molecular weight excluding hydrogens is 353 g/mol. The molecule has 5 heteroatoms. The zero-order valence-electron chi connectivity index (χ0n) is 16.2. The third-order valence-corrected chi connectivity index (χ3v) is 5.42. The fourth-order valence-corrected chi connectivity index (χ4v) is 3.88. The van der Waals surface area contributed by atoms with E-state index in [0.717, 1.165) is 57.9 Å². The highest BCUT2D eigenvalue weighted by atomic mass is 19.1. The van der Waals surface area contributed by atoms with Crippen molar-refractivity contribution in [3.8, 4) is 0 Å². The highest BCUT2D eigenvalue weighted by Crippen LogP contribution is 2.23. The summed E-state index contributed by atoms with van der Waals surface area (Å²) in [6.45, 7) is 7.28. The molecule has 1 saturated heterocycles. The molecule has 1 N–H and O–H groups in total. The van der Waals surface area contributed by atoms with Crippen LogP contribution in [0.1, 0.15) is 17.5 Å². The minimum Gasteiger partial charge on any atom is -0.379 e. The molecule has 0 amide bonds. The lowest BCUT2D eigenvalue weighted by atomic mass is 10.2. The third kappa shape index (κ3) is 4.61. The second-order valence-electron chi connectivity index (χ2n) is 7.38. The lowest BCUT2D eigenvalue weighted by Crippen LogP contribution is -2.37. The van der Waals surface area contributed by atoms with E-state index in [4.69, 9.17) is 4.74 Å². The number of nitrogens with zero attached hydrogens (tertiary/aromatic N) is 2. The first kappa shape index (κ1) is 19.1. The van der Waals surface area contributed by atoms with Crippen molar-refractivity contribution in [2.75, 3.05) is 39.4 Å². The number of aromatic nitrogens is 1. The smallest absolute Gasteiger partial charge is 0.128 e. The molecule has 1 aliphatic heterocycles. The average molecular weight is 381 g/mol. The molecule has 1 aromatic heterocycles. The number of ether oxygens (including phenoxy) is 1. The Kier molecular flexibility index (Phi) is 6.37. The van der Waals surface area contributed by atoms with Crippen LogP contribution in [-0.4, -0.2) is 48.9 Å². The largest absolute Gasteiger partial charge is 0.379 e. The van der Waals surface area contributed by atoms with E-state index in [9.17, 15) is 4.39 Å². The van der Waals surface area contributed by atoms with Crippen LogP contribution < -0.4 is 5.32 Å². The first-order valence-corrected chi connectivity index (χ1v) is 10.1. The highest BCUT2D eigenvalue weighted by Gasteiger charge is 2.11. The van der Waals surface area contributed by atoms with Gasteiger partial charge in [-0.3, -0.25) is 4.90 Å². The third-order valence-electron chi connectivity index (χ3n) is 5.42. The van der Waals surface area contributed by atoms with Crippen molar-refractivity contribution in [2.24, 2.45) is 0 Å². The van der Waals surface area contributed by atoms with Crippen molar-refractivity contribution in [1.29, 1.82) is 0 Å². The zero-order chi connectivity index (χ0) is 19.2. The summed E-state index contributed by atoms with van der Waals surface area (Å²) < 4.78 is 21.6. The van der Waals surface area contributed by atoms with Crippen molar-refractivity contribution in [1.82, 2.24) is 14.8 Å². The Morgan fingerprint density at radius 1 is 0.964 bits per heavy atom. The Bertz CT molecular complexity index is 902. The Morgan fingerprint density at radius 3 is 2.61 bits per heavy atom. The standard InChI is InChI=1S/C23H28FN3O/c24-22-8-3-1-6-19(22)17-27-18-20(21-7-2-4-9-23(21)27)16-25-10-5-11-26-12-14-28-15-13-26/h1-4,6-9,18,25H,5,10-17H2. The van der Waals surface area contributed by atoms with Crippen LogP contribution in [0.15, 0.2) is 54.7 Å². The fraction of sp³-hybridized carbons (Fsp3) is 0.391. The molecule has 1 fully saturated rings. The molecule has 1 aliphatic rings. The summed E-state index contributed by atoms with van der Waals surface area (Å²) in [5, 5.41) is 4.81. The van der Waals surface area contributed by atoms with Crippen LogP contribution in [0.4, 0.5) is 4.39 Å². The maximum atomic E-state index is 14.1. The number of rotatable bonds is 8. The van der Waals surface area contributed by atoms with E-state index >= 15 is 0 Å². The van der Waals surface area contributed by atoms with Crippen LogP contribution in [0.3, 0.4) is 0 Å². The summed E-state index contributed by atoms with van der Waals surface area (Å²) in [4.78, 5) is 2.46. The van der Waals surface area contributed by atoms with Gasteiger partial charge in [-0.1, -0.05) is 36.4 Å². The molecule has 4 rings (SSSR count). The van der Waals surface area contributed by atoms with Gasteiger partial charge in [-0.25, -0.2) is 4.39 Å². The molecule has 0 spiro atoms. The number of hydrogen-bond donors (Lipinski definition) is 1. The van der Waals surface area contributed by atoms with Crippen LogP contribution in [0.25, 0.3) is 10.9 Å². The maximum absolute atomic E-state index is 14.1. The summed E-state index contributed by atoms with van der Waals surface area (Å²) in [5.41, 5.74) is 3.13. The van der Waals surface area contributed by atoms with E-state index in [1.54, 1.807) is 6.07 Å². The Morgan fingerprint density at radius 2 is 1.75 bits per heavy atom. The fourth-order valence-electron chi connectivity index (χ4n) is 3.88. The summed E-state index contributed by atoms with van der Waals surface area (Å²) >= 11 is 0. The minimum atomic E-state index is -0.150. The van der Waals surface area contributed by atoms with E-state index in [2.05, 4.69) is 39.2 Å². The van der Waals surface area contributed by atoms with E-state index in [1.165, 1.54) is 17.0 Å². The maximum Gasteiger partial charge on any atom is 0.128 e. The number of fused-ring (bicyclic) bond motifs is 1. The van der Waals surface area contributed by atoms with E-state index in [-0.39, 0.29) is 5.82 Å². The predicted molar refractivity (Wildman–Crippen MR) is 111 cm³/mol. The number of hydrogen-bond acceptors (Lipinski definition) is 3. The first-order valence-electron chi connectivity index (χ1n) is 10.1. The molecule has 2 heterocycles. The second-order valence-corrected chi connectivity index (χ2v) is 7.38. The number of benzene rings is 2. The topological polar surface area (TPSA) is 29.4 Å². The Balaban J connectivity index is 1.38. The monoisotopic (exact) mass is 381 g/mol. The second kappa shape index (κ2) is 9.32. The quantitative estimate of drug-likeness (QED) is 0.604. The molecule has 0 radical (unpaired) electrons. The molecule has 0 atom stereocenters. The van der Waals surface area contributed by atoms with Gasteiger partial charge in [0.1, 0.15) is 5.82 Å². The number of para-hydroxylation sites is 1. The van der Waals surface area contributed by atoms with Gasteiger partial charge in [-0.05, 0) is 37.2 Å². The zero-order valence-corrected chi connectivity index (χ0v) is 16.2. The van der Waals surface area contributed by atoms with Gasteiger partial charge < -0.3 is 14.6 Å². The molecule has 0 bridgehead atoms. The van der Waals surface area contributed by atoms with Gasteiger partial charge in [0.2, 0.25) is 0 Å². The molecule has 0 saturated carbocycles. The SMILES string of the molecule is Fc1ccccc1Cn1cc(CNCCCN2CCOCC2)c2ccccc21. The van der Waals surface area contributed by atoms with Crippen LogP contribution in [0.2, 0.25) is 0 Å². The predicted octanol–water partition coefficient (Wildman–Crippen LogP) is 3.64. The van der Waals surface area contributed by atoms with Gasteiger partial charge in [0.05, 0.1) is 19.8 Å². The van der Waals surface area contributed by atoms with E-state index in [0.29, 0.717) is 12.1 Å².